The number of aromatic nitrogens is 2. The fourth-order valence-electron chi connectivity index (χ4n) is 2.42. The molecule has 1 atom stereocenters. The normalized spacial score (nSPS) is 12.1. The van der Waals surface area contributed by atoms with Crippen molar-refractivity contribution in [2.75, 3.05) is 19.4 Å². The van der Waals surface area contributed by atoms with Crippen molar-refractivity contribution in [3.05, 3.63) is 46.4 Å². The van der Waals surface area contributed by atoms with Gasteiger partial charge in [-0.1, -0.05) is 43.7 Å². The Hall–Kier alpha value is -2.14. The van der Waals surface area contributed by atoms with Gasteiger partial charge in [0.1, 0.15) is 11.5 Å². The van der Waals surface area contributed by atoms with Crippen LogP contribution in [0.3, 0.4) is 0 Å². The fraction of sp³-hybridized carbons (Fsp3) is 0.375. The van der Waals surface area contributed by atoms with Gasteiger partial charge in [-0.2, -0.15) is 0 Å². The van der Waals surface area contributed by atoms with Crippen LogP contribution in [-0.2, 0) is 0 Å². The molecule has 2 rings (SSSR count). The number of nitrogens with zero attached hydrogens (tertiary/aromatic N) is 1. The van der Waals surface area contributed by atoms with Crippen molar-refractivity contribution >= 4 is 5.69 Å². The first-order valence-electron chi connectivity index (χ1n) is 7.25. The molecule has 2 aromatic rings. The second-order valence-electron chi connectivity index (χ2n) is 4.92. The average molecular weight is 286 g/mol. The molecular formula is C16H22N4O. The first kappa shape index (κ1) is 15.3. The van der Waals surface area contributed by atoms with Crippen molar-refractivity contribution < 1.29 is 0 Å². The van der Waals surface area contributed by atoms with Gasteiger partial charge >= 0.3 is 0 Å². The van der Waals surface area contributed by atoms with Gasteiger partial charge < -0.3 is 15.6 Å². The minimum absolute atomic E-state index is 0.0576. The standard InChI is InChI=1S/C16H22N4O/c1-4-8-12(17-2)13-14(18-3)16(21)20-15(19-13)11-9-6-5-7-10-11/h5-7,9-10,12,17-18H,4,8H2,1-3H3,(H,19,20,21). The summed E-state index contributed by atoms with van der Waals surface area (Å²) < 4.78 is 0. The number of aromatic amines is 1. The highest BCUT2D eigenvalue weighted by atomic mass is 16.1. The smallest absolute Gasteiger partial charge is 0.274 e. The Labute approximate surface area is 124 Å². The van der Waals surface area contributed by atoms with Gasteiger partial charge in [0.2, 0.25) is 0 Å². The van der Waals surface area contributed by atoms with E-state index < -0.39 is 0 Å². The van der Waals surface area contributed by atoms with Gasteiger partial charge in [0.15, 0.2) is 0 Å². The average Bonchev–Trinajstić information content (AvgIpc) is 2.52. The van der Waals surface area contributed by atoms with Crippen LogP contribution in [0.15, 0.2) is 35.1 Å². The molecule has 0 aliphatic rings. The number of hydrogen-bond donors (Lipinski definition) is 3. The first-order chi connectivity index (χ1) is 10.2. The van der Waals surface area contributed by atoms with Gasteiger partial charge in [-0.15, -0.1) is 0 Å². The van der Waals surface area contributed by atoms with Crippen LogP contribution in [0.1, 0.15) is 31.5 Å². The van der Waals surface area contributed by atoms with E-state index in [0.717, 1.165) is 24.1 Å². The molecule has 1 aromatic heterocycles. The van der Waals surface area contributed by atoms with Crippen molar-refractivity contribution in [3.63, 3.8) is 0 Å². The molecule has 0 aliphatic carbocycles. The summed E-state index contributed by atoms with van der Waals surface area (Å²) in [5.41, 5.74) is 2.06. The van der Waals surface area contributed by atoms with Crippen molar-refractivity contribution in [1.29, 1.82) is 0 Å². The molecule has 21 heavy (non-hydrogen) atoms. The second-order valence-corrected chi connectivity index (χ2v) is 4.92. The van der Waals surface area contributed by atoms with E-state index in [1.807, 2.05) is 37.4 Å². The van der Waals surface area contributed by atoms with Crippen LogP contribution in [0.5, 0.6) is 0 Å². The zero-order valence-corrected chi connectivity index (χ0v) is 12.7. The van der Waals surface area contributed by atoms with Gasteiger partial charge in [-0.25, -0.2) is 4.98 Å². The number of nitrogens with one attached hydrogen (secondary N) is 3. The molecule has 1 unspecified atom stereocenters. The lowest BCUT2D eigenvalue weighted by Crippen LogP contribution is -2.25. The highest BCUT2D eigenvalue weighted by Gasteiger charge is 2.18. The van der Waals surface area contributed by atoms with Gasteiger partial charge in [0.25, 0.3) is 5.56 Å². The predicted octanol–water partition coefficient (Wildman–Crippen LogP) is 2.54. The van der Waals surface area contributed by atoms with Gasteiger partial charge in [0.05, 0.1) is 11.7 Å². The summed E-state index contributed by atoms with van der Waals surface area (Å²) in [5.74, 6) is 0.603. The largest absolute Gasteiger partial charge is 0.382 e. The molecule has 0 saturated heterocycles. The van der Waals surface area contributed by atoms with Gasteiger partial charge in [-0.3, -0.25) is 4.79 Å². The second kappa shape index (κ2) is 7.04. The summed E-state index contributed by atoms with van der Waals surface area (Å²) >= 11 is 0. The third-order valence-corrected chi connectivity index (χ3v) is 3.50. The summed E-state index contributed by atoms with van der Waals surface area (Å²) in [6, 6.07) is 9.75. The van der Waals surface area contributed by atoms with Crippen LogP contribution in [0.2, 0.25) is 0 Å². The maximum absolute atomic E-state index is 12.3. The summed E-state index contributed by atoms with van der Waals surface area (Å²) in [7, 11) is 3.64. The topological polar surface area (TPSA) is 69.8 Å². The SMILES string of the molecule is CCCC(NC)c1nc(-c2ccccc2)[nH]c(=O)c1NC. The summed E-state index contributed by atoms with van der Waals surface area (Å²) in [5, 5.41) is 6.21. The van der Waals surface area contributed by atoms with E-state index in [9.17, 15) is 4.79 Å². The van der Waals surface area contributed by atoms with Crippen molar-refractivity contribution in [3.8, 4) is 11.4 Å². The van der Waals surface area contributed by atoms with E-state index >= 15 is 0 Å². The molecule has 1 heterocycles. The highest BCUT2D eigenvalue weighted by Crippen LogP contribution is 2.23. The lowest BCUT2D eigenvalue weighted by atomic mass is 10.1. The molecule has 0 spiro atoms. The molecule has 112 valence electrons. The quantitative estimate of drug-likeness (QED) is 0.763. The third kappa shape index (κ3) is 3.31. The highest BCUT2D eigenvalue weighted by molar-refractivity contribution is 5.58. The lowest BCUT2D eigenvalue weighted by molar-refractivity contribution is 0.529. The Bertz CT molecular complexity index is 636. The molecule has 0 aliphatic heterocycles. The van der Waals surface area contributed by atoms with Crippen LogP contribution in [-0.4, -0.2) is 24.1 Å². The Morgan fingerprint density at radius 3 is 2.52 bits per heavy atom. The summed E-state index contributed by atoms with van der Waals surface area (Å²) in [6.07, 6.45) is 1.94. The number of anilines is 1. The molecule has 0 fully saturated rings. The Kier molecular flexibility index (Phi) is 5.11. The Balaban J connectivity index is 2.57. The maximum atomic E-state index is 12.3. The van der Waals surface area contributed by atoms with Crippen LogP contribution in [0.25, 0.3) is 11.4 Å². The molecule has 0 radical (unpaired) electrons. The molecule has 5 nitrogen and oxygen atoms in total. The fourth-order valence-corrected chi connectivity index (χ4v) is 2.42. The van der Waals surface area contributed by atoms with Crippen molar-refractivity contribution in [2.24, 2.45) is 0 Å². The molecule has 5 heteroatoms. The van der Waals surface area contributed by atoms with E-state index in [4.69, 9.17) is 0 Å². The molecule has 0 bridgehead atoms. The summed E-state index contributed by atoms with van der Waals surface area (Å²) in [4.78, 5) is 19.8. The van der Waals surface area contributed by atoms with Crippen molar-refractivity contribution in [1.82, 2.24) is 15.3 Å². The van der Waals surface area contributed by atoms with Crippen LogP contribution in [0.4, 0.5) is 5.69 Å². The van der Waals surface area contributed by atoms with Crippen LogP contribution >= 0.6 is 0 Å². The Morgan fingerprint density at radius 1 is 1.24 bits per heavy atom. The summed E-state index contributed by atoms with van der Waals surface area (Å²) in [6.45, 7) is 2.12. The molecule has 1 aromatic carbocycles. The van der Waals surface area contributed by atoms with Crippen LogP contribution in [0, 0.1) is 0 Å². The maximum Gasteiger partial charge on any atom is 0.274 e. The van der Waals surface area contributed by atoms with E-state index in [1.165, 1.54) is 0 Å². The minimum atomic E-state index is -0.141. The van der Waals surface area contributed by atoms with E-state index in [-0.39, 0.29) is 11.6 Å². The van der Waals surface area contributed by atoms with Crippen LogP contribution < -0.4 is 16.2 Å². The first-order valence-corrected chi connectivity index (χ1v) is 7.25. The van der Waals surface area contributed by atoms with E-state index in [0.29, 0.717) is 11.5 Å². The number of H-pyrrole nitrogens is 1. The predicted molar refractivity (Wildman–Crippen MR) is 86.5 cm³/mol. The molecule has 0 saturated carbocycles. The Morgan fingerprint density at radius 2 is 1.95 bits per heavy atom. The number of hydrogen-bond acceptors (Lipinski definition) is 4. The van der Waals surface area contributed by atoms with Gasteiger partial charge in [0, 0.05) is 12.6 Å². The molecule has 3 N–H and O–H groups in total. The third-order valence-electron chi connectivity index (χ3n) is 3.50. The minimum Gasteiger partial charge on any atom is -0.382 e. The molecular weight excluding hydrogens is 264 g/mol. The van der Waals surface area contributed by atoms with Crippen molar-refractivity contribution in [2.45, 2.75) is 25.8 Å². The number of benzene rings is 1. The zero-order valence-electron chi connectivity index (χ0n) is 12.7. The zero-order chi connectivity index (χ0) is 15.2. The van der Waals surface area contributed by atoms with E-state index in [2.05, 4.69) is 27.5 Å². The molecule has 0 amide bonds. The number of rotatable bonds is 6. The van der Waals surface area contributed by atoms with E-state index in [1.54, 1.807) is 7.05 Å². The monoisotopic (exact) mass is 286 g/mol. The van der Waals surface area contributed by atoms with Gasteiger partial charge in [-0.05, 0) is 13.5 Å². The lowest BCUT2D eigenvalue weighted by Gasteiger charge is -2.18.